The standard InChI is InChI=1S/C8H10N2O/c1-6-3-2-4-7(9)8(6)10-5-11/h2-5H,9H2,1H3,(H,10,11). The van der Waals surface area contributed by atoms with Gasteiger partial charge >= 0.3 is 0 Å². The number of benzene rings is 1. The fourth-order valence-corrected chi connectivity index (χ4v) is 0.947. The number of anilines is 2. The number of carbonyl (C=O) groups excluding carboxylic acids is 1. The molecule has 0 unspecified atom stereocenters. The molecule has 0 atom stereocenters. The highest BCUT2D eigenvalue weighted by molar-refractivity contribution is 5.81. The highest BCUT2D eigenvalue weighted by Crippen LogP contribution is 2.21. The number of rotatable bonds is 2. The minimum atomic E-state index is 0.595. The van der Waals surface area contributed by atoms with Crippen molar-refractivity contribution in [2.45, 2.75) is 6.92 Å². The van der Waals surface area contributed by atoms with Crippen LogP contribution >= 0.6 is 0 Å². The molecule has 0 aliphatic rings. The van der Waals surface area contributed by atoms with Gasteiger partial charge in [-0.25, -0.2) is 0 Å². The Hall–Kier alpha value is -1.51. The summed E-state index contributed by atoms with van der Waals surface area (Å²) in [4.78, 5) is 10.1. The van der Waals surface area contributed by atoms with Gasteiger partial charge in [0, 0.05) is 0 Å². The van der Waals surface area contributed by atoms with Crippen molar-refractivity contribution in [3.05, 3.63) is 23.8 Å². The molecule has 0 aliphatic carbocycles. The first kappa shape index (κ1) is 7.60. The topological polar surface area (TPSA) is 55.1 Å². The quantitative estimate of drug-likeness (QED) is 0.490. The zero-order chi connectivity index (χ0) is 8.27. The maximum absolute atomic E-state index is 10.1. The molecule has 0 spiro atoms. The minimum Gasteiger partial charge on any atom is -0.397 e. The molecule has 0 fully saturated rings. The third-order valence-electron chi connectivity index (χ3n) is 1.51. The van der Waals surface area contributed by atoms with Crippen LogP contribution in [-0.4, -0.2) is 6.41 Å². The van der Waals surface area contributed by atoms with Gasteiger partial charge < -0.3 is 11.1 Å². The van der Waals surface area contributed by atoms with Crippen molar-refractivity contribution in [3.8, 4) is 0 Å². The van der Waals surface area contributed by atoms with Gasteiger partial charge in [0.2, 0.25) is 6.41 Å². The lowest BCUT2D eigenvalue weighted by Crippen LogP contribution is -2.00. The van der Waals surface area contributed by atoms with Gasteiger partial charge in [0.15, 0.2) is 0 Å². The molecule has 1 aromatic rings. The zero-order valence-corrected chi connectivity index (χ0v) is 6.29. The summed E-state index contributed by atoms with van der Waals surface area (Å²) in [6, 6.07) is 5.49. The van der Waals surface area contributed by atoms with E-state index in [0.29, 0.717) is 17.8 Å². The van der Waals surface area contributed by atoms with Crippen LogP contribution in [0.1, 0.15) is 5.56 Å². The fourth-order valence-electron chi connectivity index (χ4n) is 0.947. The highest BCUT2D eigenvalue weighted by Gasteiger charge is 1.98. The molecule has 1 aromatic carbocycles. The van der Waals surface area contributed by atoms with Crippen molar-refractivity contribution >= 4 is 17.8 Å². The van der Waals surface area contributed by atoms with E-state index in [1.807, 2.05) is 19.1 Å². The molecule has 0 saturated carbocycles. The lowest BCUT2D eigenvalue weighted by Gasteiger charge is -2.05. The normalized spacial score (nSPS) is 9.18. The van der Waals surface area contributed by atoms with E-state index in [1.165, 1.54) is 0 Å². The molecule has 0 heterocycles. The molecule has 0 bridgehead atoms. The molecule has 11 heavy (non-hydrogen) atoms. The van der Waals surface area contributed by atoms with E-state index in [1.54, 1.807) is 6.07 Å². The number of nitrogens with two attached hydrogens (primary N) is 1. The molecule has 1 rings (SSSR count). The molecular formula is C8H10N2O. The van der Waals surface area contributed by atoms with Gasteiger partial charge in [-0.15, -0.1) is 0 Å². The Labute approximate surface area is 65.2 Å². The Morgan fingerprint density at radius 2 is 2.27 bits per heavy atom. The van der Waals surface area contributed by atoms with Crippen molar-refractivity contribution < 1.29 is 4.79 Å². The largest absolute Gasteiger partial charge is 0.397 e. The van der Waals surface area contributed by atoms with Gasteiger partial charge in [-0.05, 0) is 18.6 Å². The van der Waals surface area contributed by atoms with Crippen molar-refractivity contribution in [2.75, 3.05) is 11.1 Å². The van der Waals surface area contributed by atoms with Gasteiger partial charge in [-0.3, -0.25) is 4.79 Å². The van der Waals surface area contributed by atoms with Crippen LogP contribution in [0.25, 0.3) is 0 Å². The van der Waals surface area contributed by atoms with Crippen LogP contribution in [0, 0.1) is 6.92 Å². The van der Waals surface area contributed by atoms with E-state index in [2.05, 4.69) is 5.32 Å². The summed E-state index contributed by atoms with van der Waals surface area (Å²) < 4.78 is 0. The number of nitrogen functional groups attached to an aromatic ring is 1. The van der Waals surface area contributed by atoms with Crippen LogP contribution in [0.3, 0.4) is 0 Å². The van der Waals surface area contributed by atoms with E-state index in [0.717, 1.165) is 5.56 Å². The first-order valence-electron chi connectivity index (χ1n) is 3.31. The number of aryl methyl sites for hydroxylation is 1. The van der Waals surface area contributed by atoms with E-state index in [9.17, 15) is 4.79 Å². The monoisotopic (exact) mass is 150 g/mol. The third kappa shape index (κ3) is 1.49. The van der Waals surface area contributed by atoms with Gasteiger partial charge in [0.05, 0.1) is 11.4 Å². The summed E-state index contributed by atoms with van der Waals surface area (Å²) in [5.41, 5.74) is 7.85. The van der Waals surface area contributed by atoms with Crippen molar-refractivity contribution in [1.82, 2.24) is 0 Å². The van der Waals surface area contributed by atoms with Crippen LogP contribution in [0.2, 0.25) is 0 Å². The first-order chi connectivity index (χ1) is 5.25. The van der Waals surface area contributed by atoms with Gasteiger partial charge in [-0.2, -0.15) is 0 Å². The second kappa shape index (κ2) is 3.05. The zero-order valence-electron chi connectivity index (χ0n) is 6.29. The lowest BCUT2D eigenvalue weighted by molar-refractivity contribution is -0.105. The maximum Gasteiger partial charge on any atom is 0.211 e. The van der Waals surface area contributed by atoms with E-state index in [-0.39, 0.29) is 0 Å². The average molecular weight is 150 g/mol. The number of para-hydroxylation sites is 1. The van der Waals surface area contributed by atoms with Crippen LogP contribution in [0.4, 0.5) is 11.4 Å². The van der Waals surface area contributed by atoms with Gasteiger partial charge in [-0.1, -0.05) is 12.1 Å². The maximum atomic E-state index is 10.1. The molecule has 58 valence electrons. The van der Waals surface area contributed by atoms with Crippen molar-refractivity contribution in [2.24, 2.45) is 0 Å². The van der Waals surface area contributed by atoms with Crippen LogP contribution in [0.5, 0.6) is 0 Å². The Balaban J connectivity index is 3.09. The molecule has 0 radical (unpaired) electrons. The summed E-state index contributed by atoms with van der Waals surface area (Å²) >= 11 is 0. The Bertz CT molecular complexity index is 251. The number of hydrogen-bond acceptors (Lipinski definition) is 2. The van der Waals surface area contributed by atoms with Crippen LogP contribution in [0.15, 0.2) is 18.2 Å². The summed E-state index contributed by atoms with van der Waals surface area (Å²) in [6.45, 7) is 1.89. The number of nitrogens with one attached hydrogen (secondary N) is 1. The Kier molecular flexibility index (Phi) is 2.11. The van der Waals surface area contributed by atoms with Gasteiger partial charge in [0.1, 0.15) is 0 Å². The molecule has 0 saturated heterocycles. The molecule has 1 amide bonds. The van der Waals surface area contributed by atoms with Crippen LogP contribution in [-0.2, 0) is 4.79 Å². The van der Waals surface area contributed by atoms with Crippen LogP contribution < -0.4 is 11.1 Å². The Morgan fingerprint density at radius 1 is 1.55 bits per heavy atom. The van der Waals surface area contributed by atoms with Crippen molar-refractivity contribution in [3.63, 3.8) is 0 Å². The number of amides is 1. The molecule has 3 nitrogen and oxygen atoms in total. The molecule has 0 aromatic heterocycles. The molecule has 0 aliphatic heterocycles. The third-order valence-corrected chi connectivity index (χ3v) is 1.51. The number of hydrogen-bond donors (Lipinski definition) is 2. The molecular weight excluding hydrogens is 140 g/mol. The van der Waals surface area contributed by atoms with E-state index < -0.39 is 0 Å². The SMILES string of the molecule is Cc1cccc(N)c1NC=O. The molecule has 3 N–H and O–H groups in total. The Morgan fingerprint density at radius 3 is 2.82 bits per heavy atom. The summed E-state index contributed by atoms with van der Waals surface area (Å²) in [6.07, 6.45) is 0.624. The average Bonchev–Trinajstić information content (AvgIpc) is 1.97. The predicted octanol–water partition coefficient (Wildman–Crippen LogP) is 1.15. The van der Waals surface area contributed by atoms with E-state index in [4.69, 9.17) is 5.73 Å². The summed E-state index contributed by atoms with van der Waals surface area (Å²) in [5.74, 6) is 0. The molecule has 3 heteroatoms. The second-order valence-corrected chi connectivity index (χ2v) is 2.30. The lowest BCUT2D eigenvalue weighted by atomic mass is 10.2. The summed E-state index contributed by atoms with van der Waals surface area (Å²) in [7, 11) is 0. The summed E-state index contributed by atoms with van der Waals surface area (Å²) in [5, 5.41) is 2.54. The fraction of sp³-hybridized carbons (Fsp3) is 0.125. The smallest absolute Gasteiger partial charge is 0.211 e. The first-order valence-corrected chi connectivity index (χ1v) is 3.31. The van der Waals surface area contributed by atoms with E-state index >= 15 is 0 Å². The van der Waals surface area contributed by atoms with Gasteiger partial charge in [0.25, 0.3) is 0 Å². The highest BCUT2D eigenvalue weighted by atomic mass is 16.1. The second-order valence-electron chi connectivity index (χ2n) is 2.30. The predicted molar refractivity (Wildman–Crippen MR) is 45.3 cm³/mol. The van der Waals surface area contributed by atoms with Crippen molar-refractivity contribution in [1.29, 1.82) is 0 Å². The minimum absolute atomic E-state index is 0.595. The number of carbonyl (C=O) groups is 1.